The summed E-state index contributed by atoms with van der Waals surface area (Å²) >= 11 is 12.1. The van der Waals surface area contributed by atoms with Crippen molar-refractivity contribution in [1.82, 2.24) is 10.2 Å². The second-order valence-corrected chi connectivity index (χ2v) is 5.67. The molecule has 1 aromatic carbocycles. The van der Waals surface area contributed by atoms with Gasteiger partial charge in [-0.1, -0.05) is 29.3 Å². The molecule has 0 unspecified atom stereocenters. The molecule has 1 aromatic rings. The molecule has 2 amide bonds. The summed E-state index contributed by atoms with van der Waals surface area (Å²) in [5.74, 6) is -0.483. The van der Waals surface area contributed by atoms with Gasteiger partial charge >= 0.3 is 12.0 Å². The Morgan fingerprint density at radius 2 is 2.09 bits per heavy atom. The molecule has 0 aromatic heterocycles. The van der Waals surface area contributed by atoms with Gasteiger partial charge in [0.2, 0.25) is 0 Å². The molecule has 1 heterocycles. The van der Waals surface area contributed by atoms with Crippen LogP contribution in [0.15, 0.2) is 29.5 Å². The fourth-order valence-electron chi connectivity index (χ4n) is 2.28. The first-order valence-electron chi connectivity index (χ1n) is 6.73. The summed E-state index contributed by atoms with van der Waals surface area (Å²) in [5.41, 5.74) is 1.47. The molecule has 0 fully saturated rings. The molecule has 1 aliphatic rings. The van der Waals surface area contributed by atoms with Crippen LogP contribution in [0.2, 0.25) is 10.0 Å². The molecular weight excluding hydrogens is 327 g/mol. The lowest BCUT2D eigenvalue weighted by Crippen LogP contribution is -2.46. The number of nitrogens with zero attached hydrogens (tertiary/aromatic N) is 1. The maximum absolute atomic E-state index is 12.3. The first kappa shape index (κ1) is 16.6. The Labute approximate surface area is 138 Å². The topological polar surface area (TPSA) is 58.6 Å². The van der Waals surface area contributed by atoms with Crippen LogP contribution in [0.25, 0.3) is 0 Å². The first-order chi connectivity index (χ1) is 10.4. The lowest BCUT2D eigenvalue weighted by Gasteiger charge is -2.33. The minimum absolute atomic E-state index is 0.244. The zero-order valence-electron chi connectivity index (χ0n) is 12.4. The molecule has 2 rings (SSSR count). The number of hydrogen-bond acceptors (Lipinski definition) is 3. The van der Waals surface area contributed by atoms with E-state index in [1.54, 1.807) is 39.1 Å². The molecule has 1 N–H and O–H groups in total. The molecule has 0 saturated carbocycles. The maximum atomic E-state index is 12.3. The van der Waals surface area contributed by atoms with Gasteiger partial charge < -0.3 is 15.0 Å². The second kappa shape index (κ2) is 6.58. The van der Waals surface area contributed by atoms with E-state index in [0.717, 1.165) is 0 Å². The van der Waals surface area contributed by atoms with Crippen LogP contribution < -0.4 is 5.32 Å². The smallest absolute Gasteiger partial charge is 0.338 e. The lowest BCUT2D eigenvalue weighted by atomic mass is 9.95. The van der Waals surface area contributed by atoms with E-state index in [-0.39, 0.29) is 12.6 Å². The van der Waals surface area contributed by atoms with Crippen molar-refractivity contribution in [3.63, 3.8) is 0 Å². The van der Waals surface area contributed by atoms with Gasteiger partial charge in [-0.2, -0.15) is 0 Å². The number of rotatable bonds is 3. The van der Waals surface area contributed by atoms with Crippen LogP contribution in [-0.2, 0) is 9.53 Å². The van der Waals surface area contributed by atoms with Crippen LogP contribution in [0.3, 0.4) is 0 Å². The van der Waals surface area contributed by atoms with E-state index in [4.69, 9.17) is 27.9 Å². The lowest BCUT2D eigenvalue weighted by molar-refractivity contribution is -0.139. The van der Waals surface area contributed by atoms with Gasteiger partial charge in [0, 0.05) is 22.8 Å². The predicted octanol–water partition coefficient (Wildman–Crippen LogP) is 3.53. The summed E-state index contributed by atoms with van der Waals surface area (Å²) in [4.78, 5) is 25.7. The number of amides is 2. The third-order valence-corrected chi connectivity index (χ3v) is 4.09. The Kier molecular flexibility index (Phi) is 4.98. The molecule has 0 spiro atoms. The summed E-state index contributed by atoms with van der Waals surface area (Å²) in [5, 5.41) is 3.61. The third-order valence-electron chi connectivity index (χ3n) is 3.52. The number of hydrogen-bond donors (Lipinski definition) is 1. The Morgan fingerprint density at radius 1 is 1.41 bits per heavy atom. The van der Waals surface area contributed by atoms with Crippen LogP contribution in [0.5, 0.6) is 0 Å². The van der Waals surface area contributed by atoms with E-state index in [0.29, 0.717) is 26.9 Å². The van der Waals surface area contributed by atoms with E-state index in [1.807, 2.05) is 0 Å². The van der Waals surface area contributed by atoms with E-state index in [9.17, 15) is 9.59 Å². The minimum Gasteiger partial charge on any atom is -0.463 e. The van der Waals surface area contributed by atoms with Gasteiger partial charge in [0.15, 0.2) is 0 Å². The van der Waals surface area contributed by atoms with E-state index in [2.05, 4.69) is 5.32 Å². The highest BCUT2D eigenvalue weighted by Crippen LogP contribution is 2.35. The van der Waals surface area contributed by atoms with Gasteiger partial charge in [0.05, 0.1) is 18.2 Å². The number of carbonyl (C=O) groups excluding carboxylic acids is 2. The minimum atomic E-state index is -0.674. The highest BCUT2D eigenvalue weighted by atomic mass is 35.5. The zero-order chi connectivity index (χ0) is 16.4. The van der Waals surface area contributed by atoms with Crippen molar-refractivity contribution in [1.29, 1.82) is 0 Å². The summed E-state index contributed by atoms with van der Waals surface area (Å²) in [6.07, 6.45) is 0. The largest absolute Gasteiger partial charge is 0.463 e. The maximum Gasteiger partial charge on any atom is 0.338 e. The van der Waals surface area contributed by atoms with Gasteiger partial charge in [-0.3, -0.25) is 0 Å². The molecular formula is C15H16Cl2N2O3. The molecule has 5 nitrogen and oxygen atoms in total. The van der Waals surface area contributed by atoms with Gasteiger partial charge in [0.1, 0.15) is 0 Å². The number of benzene rings is 1. The SMILES string of the molecule is CCOC(=O)C1=C(C)N(C)C(=O)N[C@@H]1c1ccc(Cl)cc1Cl. The highest BCUT2D eigenvalue weighted by Gasteiger charge is 2.35. The number of nitrogens with one attached hydrogen (secondary N) is 1. The zero-order valence-corrected chi connectivity index (χ0v) is 14.0. The fraction of sp³-hybridized carbons (Fsp3) is 0.333. The molecule has 22 heavy (non-hydrogen) atoms. The Bertz CT molecular complexity index is 658. The molecule has 0 bridgehead atoms. The number of halogens is 2. The summed E-state index contributed by atoms with van der Waals surface area (Å²) < 4.78 is 5.11. The van der Waals surface area contributed by atoms with Crippen molar-refractivity contribution in [2.75, 3.05) is 13.7 Å². The number of esters is 1. The molecule has 7 heteroatoms. The average molecular weight is 343 g/mol. The van der Waals surface area contributed by atoms with Crippen LogP contribution in [-0.4, -0.2) is 30.6 Å². The molecule has 1 aliphatic heterocycles. The molecule has 0 aliphatic carbocycles. The quantitative estimate of drug-likeness (QED) is 0.855. The van der Waals surface area contributed by atoms with Crippen LogP contribution in [0.1, 0.15) is 25.5 Å². The molecule has 0 saturated heterocycles. The van der Waals surface area contributed by atoms with Gasteiger partial charge in [0.25, 0.3) is 0 Å². The average Bonchev–Trinajstić information content (AvgIpc) is 2.44. The second-order valence-electron chi connectivity index (χ2n) is 4.83. The van der Waals surface area contributed by atoms with Crippen molar-refractivity contribution in [2.24, 2.45) is 0 Å². The number of urea groups is 1. The van der Waals surface area contributed by atoms with Crippen molar-refractivity contribution < 1.29 is 14.3 Å². The van der Waals surface area contributed by atoms with Gasteiger partial charge in [-0.15, -0.1) is 0 Å². The Balaban J connectivity index is 2.55. The third kappa shape index (κ3) is 3.05. The predicted molar refractivity (Wildman–Crippen MR) is 84.8 cm³/mol. The van der Waals surface area contributed by atoms with Crippen molar-refractivity contribution >= 4 is 35.2 Å². The molecule has 0 radical (unpaired) electrons. The van der Waals surface area contributed by atoms with Gasteiger partial charge in [-0.25, -0.2) is 9.59 Å². The van der Waals surface area contributed by atoms with Crippen LogP contribution >= 0.6 is 23.2 Å². The standard InChI is InChI=1S/C15H16Cl2N2O3/c1-4-22-14(20)12-8(2)19(3)15(21)18-13(12)10-6-5-9(16)7-11(10)17/h5-7,13H,4H2,1-3H3,(H,18,21)/t13-/m1/s1. The van der Waals surface area contributed by atoms with Crippen LogP contribution in [0, 0.1) is 0 Å². The molecule has 1 atom stereocenters. The molecule has 118 valence electrons. The fourth-order valence-corrected chi connectivity index (χ4v) is 2.80. The van der Waals surface area contributed by atoms with Gasteiger partial charge in [-0.05, 0) is 31.5 Å². The summed E-state index contributed by atoms with van der Waals surface area (Å²) in [6, 6.07) is 3.92. The van der Waals surface area contributed by atoms with E-state index in [1.165, 1.54) is 4.90 Å². The number of carbonyl (C=O) groups is 2. The summed E-state index contributed by atoms with van der Waals surface area (Å²) in [7, 11) is 1.59. The first-order valence-corrected chi connectivity index (χ1v) is 7.49. The van der Waals surface area contributed by atoms with E-state index < -0.39 is 12.0 Å². The number of allylic oxidation sites excluding steroid dienone is 1. The highest BCUT2D eigenvalue weighted by molar-refractivity contribution is 6.35. The Hall–Kier alpha value is -1.72. The number of ether oxygens (including phenoxy) is 1. The van der Waals surface area contributed by atoms with Crippen molar-refractivity contribution in [3.8, 4) is 0 Å². The van der Waals surface area contributed by atoms with Crippen LogP contribution in [0.4, 0.5) is 4.79 Å². The Morgan fingerprint density at radius 3 is 2.68 bits per heavy atom. The van der Waals surface area contributed by atoms with Crippen molar-refractivity contribution in [2.45, 2.75) is 19.9 Å². The normalized spacial score (nSPS) is 18.3. The monoisotopic (exact) mass is 342 g/mol. The summed E-state index contributed by atoms with van der Waals surface area (Å²) in [6.45, 7) is 3.67. The van der Waals surface area contributed by atoms with E-state index >= 15 is 0 Å². The van der Waals surface area contributed by atoms with Crippen molar-refractivity contribution in [3.05, 3.63) is 45.1 Å².